The van der Waals surface area contributed by atoms with Crippen molar-refractivity contribution in [3.63, 3.8) is 0 Å². The molecule has 1 atom stereocenters. The Labute approximate surface area is 184 Å². The second kappa shape index (κ2) is 9.23. The van der Waals surface area contributed by atoms with Gasteiger partial charge in [-0.1, -0.05) is 19.8 Å². The number of fused-ring (bicyclic) bond motifs is 3. The molecule has 4 aliphatic heterocycles. The first kappa shape index (κ1) is 22.4. The first-order valence-corrected chi connectivity index (χ1v) is 10.7. The third kappa shape index (κ3) is 4.01. The van der Waals surface area contributed by atoms with Gasteiger partial charge in [0.25, 0.3) is 0 Å². The molecule has 7 nitrogen and oxygen atoms in total. The van der Waals surface area contributed by atoms with Crippen LogP contribution in [0.1, 0.15) is 63.6 Å². The van der Waals surface area contributed by atoms with E-state index in [1.807, 2.05) is 9.13 Å². The number of rotatable bonds is 5. The highest BCUT2D eigenvalue weighted by molar-refractivity contribution is 5.85. The van der Waals surface area contributed by atoms with Crippen LogP contribution >= 0.6 is 24.8 Å². The van der Waals surface area contributed by atoms with Gasteiger partial charge in [0, 0.05) is 19.0 Å². The summed E-state index contributed by atoms with van der Waals surface area (Å²) < 4.78 is 3.76. The largest absolute Gasteiger partial charge is 0.364 e. The van der Waals surface area contributed by atoms with Crippen LogP contribution in [-0.2, 0) is 13.1 Å². The zero-order chi connectivity index (χ0) is 18.4. The number of hydrogen-bond acceptors (Lipinski definition) is 5. The van der Waals surface area contributed by atoms with Gasteiger partial charge in [0.1, 0.15) is 17.3 Å². The summed E-state index contributed by atoms with van der Waals surface area (Å²) in [6.07, 6.45) is 8.38. The van der Waals surface area contributed by atoms with E-state index in [2.05, 4.69) is 17.1 Å². The van der Waals surface area contributed by atoms with E-state index in [1.165, 1.54) is 51.6 Å². The van der Waals surface area contributed by atoms with Crippen molar-refractivity contribution in [3.05, 3.63) is 16.3 Å². The Morgan fingerprint density at radius 2 is 1.79 bits per heavy atom. The van der Waals surface area contributed by atoms with Crippen molar-refractivity contribution < 1.29 is 0 Å². The van der Waals surface area contributed by atoms with Crippen LogP contribution in [0.3, 0.4) is 0 Å². The number of nitrogens with zero attached hydrogens (tertiary/aromatic N) is 5. The van der Waals surface area contributed by atoms with E-state index in [1.54, 1.807) is 0 Å². The summed E-state index contributed by atoms with van der Waals surface area (Å²) in [6.45, 7) is 6.90. The van der Waals surface area contributed by atoms with E-state index >= 15 is 0 Å². The number of halogens is 2. The van der Waals surface area contributed by atoms with E-state index < -0.39 is 0 Å². The Morgan fingerprint density at radius 1 is 1.07 bits per heavy atom. The topological polar surface area (TPSA) is 68.0 Å². The molecule has 0 amide bonds. The lowest BCUT2D eigenvalue weighted by Gasteiger charge is -2.19. The van der Waals surface area contributed by atoms with Gasteiger partial charge in [-0.05, 0) is 45.2 Å². The average Bonchev–Trinajstić information content (AvgIpc) is 3.44. The highest BCUT2D eigenvalue weighted by Crippen LogP contribution is 2.37. The number of likely N-dealkylation sites (tertiary alicyclic amines) is 1. The van der Waals surface area contributed by atoms with Crippen LogP contribution in [0.15, 0.2) is 4.79 Å². The van der Waals surface area contributed by atoms with Gasteiger partial charge in [-0.3, -0.25) is 9.13 Å². The van der Waals surface area contributed by atoms with E-state index in [0.29, 0.717) is 12.5 Å². The van der Waals surface area contributed by atoms with Gasteiger partial charge >= 0.3 is 5.69 Å². The van der Waals surface area contributed by atoms with Gasteiger partial charge in [0.05, 0.1) is 12.6 Å². The fraction of sp³-hybridized carbons (Fsp3) is 0.750. The highest BCUT2D eigenvalue weighted by atomic mass is 35.5. The maximum atomic E-state index is 13.2. The smallest absolute Gasteiger partial charge is 0.331 e. The second-order valence-corrected chi connectivity index (χ2v) is 8.48. The molecule has 0 aromatic rings. The highest BCUT2D eigenvalue weighted by Gasteiger charge is 2.34. The van der Waals surface area contributed by atoms with Crippen molar-refractivity contribution >= 4 is 30.6 Å². The standard InChI is InChI=1S/C20H30N6O.2ClH/c1-2-9-25-19-16(22-17(23-19)14-7-3-4-8-14)18-21-15(13-26(18)20(25)27)12-24-10-5-6-11-24;;/h14-15,21H,2-13H2,1H3;2*1H. The number of imidazole rings is 1. The SMILES string of the molecule is CCCn1c2nc(C3CCCC3)nc-2c2n(c1=O)CC(CN1CCCC1)N2.Cl.Cl. The van der Waals surface area contributed by atoms with Crippen LogP contribution in [0, 0.1) is 0 Å². The minimum atomic E-state index is 0. The molecule has 162 valence electrons. The molecule has 0 radical (unpaired) electrons. The third-order valence-corrected chi connectivity index (χ3v) is 6.46. The van der Waals surface area contributed by atoms with Gasteiger partial charge in [-0.2, -0.15) is 0 Å². The van der Waals surface area contributed by atoms with Crippen molar-refractivity contribution in [2.45, 2.75) is 76.9 Å². The molecule has 9 heteroatoms. The number of aromatic nitrogens is 4. The van der Waals surface area contributed by atoms with Crippen LogP contribution in [-0.4, -0.2) is 49.7 Å². The fourth-order valence-corrected chi connectivity index (χ4v) is 5.10. The molecule has 29 heavy (non-hydrogen) atoms. The van der Waals surface area contributed by atoms with Gasteiger partial charge in [-0.15, -0.1) is 24.8 Å². The third-order valence-electron chi connectivity index (χ3n) is 6.46. The van der Waals surface area contributed by atoms with Crippen LogP contribution in [0.25, 0.3) is 11.5 Å². The fourth-order valence-electron chi connectivity index (χ4n) is 5.10. The predicted octanol–water partition coefficient (Wildman–Crippen LogP) is 3.35. The van der Waals surface area contributed by atoms with Gasteiger partial charge in [0.15, 0.2) is 5.82 Å². The minimum Gasteiger partial charge on any atom is -0.364 e. The van der Waals surface area contributed by atoms with Gasteiger partial charge in [-0.25, -0.2) is 14.8 Å². The summed E-state index contributed by atoms with van der Waals surface area (Å²) in [4.78, 5) is 25.5. The van der Waals surface area contributed by atoms with Crippen LogP contribution in [0.2, 0.25) is 0 Å². The Kier molecular flexibility index (Phi) is 7.12. The molecule has 4 heterocycles. The van der Waals surface area contributed by atoms with Crippen LogP contribution in [0.5, 0.6) is 0 Å². The van der Waals surface area contributed by atoms with E-state index in [4.69, 9.17) is 9.97 Å². The summed E-state index contributed by atoms with van der Waals surface area (Å²) >= 11 is 0. The minimum absolute atomic E-state index is 0. The summed E-state index contributed by atoms with van der Waals surface area (Å²) in [7, 11) is 0. The maximum absolute atomic E-state index is 13.2. The molecule has 0 spiro atoms. The molecular weight excluding hydrogens is 411 g/mol. The zero-order valence-electron chi connectivity index (χ0n) is 17.1. The normalized spacial score (nSPS) is 21.8. The molecular formula is C20H32Cl2N6O. The Bertz CT molecular complexity index is 854. The molecule has 0 aromatic carbocycles. The molecule has 2 fully saturated rings. The molecule has 1 aliphatic carbocycles. The molecule has 1 saturated carbocycles. The summed E-state index contributed by atoms with van der Waals surface area (Å²) in [5.74, 6) is 3.09. The molecule has 5 rings (SSSR count). The Hall–Kier alpha value is -1.31. The van der Waals surface area contributed by atoms with E-state index in [9.17, 15) is 4.79 Å². The van der Waals surface area contributed by atoms with Crippen LogP contribution < -0.4 is 11.0 Å². The van der Waals surface area contributed by atoms with E-state index in [-0.39, 0.29) is 36.5 Å². The van der Waals surface area contributed by atoms with Crippen molar-refractivity contribution in [3.8, 4) is 11.5 Å². The lowest BCUT2D eigenvalue weighted by molar-refractivity contribution is 0.316. The molecule has 0 aromatic heterocycles. The van der Waals surface area contributed by atoms with Crippen molar-refractivity contribution in [1.82, 2.24) is 24.0 Å². The average molecular weight is 443 g/mol. The Balaban J connectivity index is 0.00000120. The van der Waals surface area contributed by atoms with Crippen molar-refractivity contribution in [2.24, 2.45) is 0 Å². The zero-order valence-corrected chi connectivity index (χ0v) is 18.7. The molecule has 1 saturated heterocycles. The first-order valence-electron chi connectivity index (χ1n) is 10.7. The Morgan fingerprint density at radius 3 is 2.48 bits per heavy atom. The lowest BCUT2D eigenvalue weighted by Crippen LogP contribution is -2.35. The summed E-state index contributed by atoms with van der Waals surface area (Å²) in [5.41, 5.74) is 0.961. The second-order valence-electron chi connectivity index (χ2n) is 8.48. The summed E-state index contributed by atoms with van der Waals surface area (Å²) in [5, 5.41) is 3.62. The van der Waals surface area contributed by atoms with Gasteiger partial charge in [0.2, 0.25) is 0 Å². The molecule has 0 bridgehead atoms. The molecule has 1 unspecified atom stereocenters. The summed E-state index contributed by atoms with van der Waals surface area (Å²) in [6, 6.07) is 0.281. The van der Waals surface area contributed by atoms with Crippen molar-refractivity contribution in [2.75, 3.05) is 25.0 Å². The maximum Gasteiger partial charge on any atom is 0.331 e. The number of hydrogen-bond donors (Lipinski definition) is 1. The number of nitrogens with one attached hydrogen (secondary N) is 1. The van der Waals surface area contributed by atoms with Crippen LogP contribution in [0.4, 0.5) is 5.82 Å². The van der Waals surface area contributed by atoms with E-state index in [0.717, 1.165) is 42.7 Å². The lowest BCUT2D eigenvalue weighted by atomic mass is 10.1. The monoisotopic (exact) mass is 442 g/mol. The van der Waals surface area contributed by atoms with Crippen molar-refractivity contribution in [1.29, 1.82) is 0 Å². The molecule has 1 N–H and O–H groups in total. The first-order chi connectivity index (χ1) is 13.2. The predicted molar refractivity (Wildman–Crippen MR) is 120 cm³/mol. The molecule has 5 aliphatic rings. The number of anilines is 1. The van der Waals surface area contributed by atoms with Gasteiger partial charge < -0.3 is 10.2 Å². The quantitative estimate of drug-likeness (QED) is 0.768.